The lowest BCUT2D eigenvalue weighted by Gasteiger charge is -2.40. The third-order valence-corrected chi connectivity index (χ3v) is 9.30. The van der Waals surface area contributed by atoms with E-state index in [4.69, 9.17) is 4.74 Å². The molecule has 0 radical (unpaired) electrons. The molecule has 2 fully saturated rings. The molecule has 1 N–H and O–H groups in total. The van der Waals surface area contributed by atoms with Gasteiger partial charge in [-0.1, -0.05) is 18.2 Å². The number of amides is 2. The molecule has 186 valence electrons. The number of aromatic nitrogens is 2. The first kappa shape index (κ1) is 24.7. The zero-order valence-corrected chi connectivity index (χ0v) is 21.4. The van der Waals surface area contributed by atoms with Crippen LogP contribution >= 0.6 is 0 Å². The maximum absolute atomic E-state index is 13.4. The zero-order valence-electron chi connectivity index (χ0n) is 20.6. The van der Waals surface area contributed by atoms with Crippen LogP contribution in [0, 0.1) is 13.8 Å². The Labute approximate surface area is 202 Å². The smallest absolute Gasteiger partial charge is 0.320 e. The summed E-state index contributed by atoms with van der Waals surface area (Å²) in [4.78, 5) is 17.2. The molecule has 0 bridgehead atoms. The third-order valence-electron chi connectivity index (χ3n) is 7.15. The highest BCUT2D eigenvalue weighted by Gasteiger charge is 2.35. The van der Waals surface area contributed by atoms with Crippen LogP contribution < -0.4 is 0 Å². The minimum absolute atomic E-state index is 0.0251. The SMILES string of the molecule is Cc1ccc(C2CC(c3cc(CS(=O)(=O)C(C)C)[nH]n3)CN(C(=O)N3CCOCC3)C2)cc1C. The van der Waals surface area contributed by atoms with Crippen LogP contribution in [0.25, 0.3) is 0 Å². The highest BCUT2D eigenvalue weighted by molar-refractivity contribution is 7.91. The second-order valence-electron chi connectivity index (χ2n) is 9.93. The fourth-order valence-corrected chi connectivity index (χ4v) is 5.64. The van der Waals surface area contributed by atoms with E-state index in [0.717, 1.165) is 12.1 Å². The molecule has 2 aliphatic heterocycles. The predicted molar refractivity (Wildman–Crippen MR) is 132 cm³/mol. The number of hydrogen-bond acceptors (Lipinski definition) is 5. The number of hydrogen-bond donors (Lipinski definition) is 1. The Morgan fingerprint density at radius 1 is 1.09 bits per heavy atom. The molecule has 2 aromatic rings. The number of nitrogens with zero attached hydrogens (tertiary/aromatic N) is 3. The second-order valence-corrected chi connectivity index (χ2v) is 12.5. The first-order valence-electron chi connectivity index (χ1n) is 12.1. The van der Waals surface area contributed by atoms with E-state index in [1.807, 2.05) is 15.9 Å². The molecule has 8 nitrogen and oxygen atoms in total. The number of carbonyl (C=O) groups is 1. The van der Waals surface area contributed by atoms with Crippen LogP contribution in [-0.2, 0) is 20.3 Å². The van der Waals surface area contributed by atoms with Gasteiger partial charge in [-0.25, -0.2) is 13.2 Å². The van der Waals surface area contributed by atoms with Crippen molar-refractivity contribution < 1.29 is 17.9 Å². The summed E-state index contributed by atoms with van der Waals surface area (Å²) >= 11 is 0. The number of benzene rings is 1. The molecular formula is C25H36N4O4S. The largest absolute Gasteiger partial charge is 0.378 e. The topological polar surface area (TPSA) is 95.6 Å². The van der Waals surface area contributed by atoms with Crippen molar-refractivity contribution in [2.75, 3.05) is 39.4 Å². The first-order chi connectivity index (χ1) is 16.1. The number of morpholine rings is 1. The molecule has 2 aliphatic rings. The molecule has 1 aromatic carbocycles. The summed E-state index contributed by atoms with van der Waals surface area (Å²) in [5.74, 6) is 0.154. The van der Waals surface area contributed by atoms with Crippen LogP contribution in [0.15, 0.2) is 24.3 Å². The van der Waals surface area contributed by atoms with E-state index in [9.17, 15) is 13.2 Å². The van der Waals surface area contributed by atoms with E-state index < -0.39 is 15.1 Å². The first-order valence-corrected chi connectivity index (χ1v) is 13.8. The number of rotatable bonds is 5. The molecule has 2 atom stereocenters. The van der Waals surface area contributed by atoms with Gasteiger partial charge < -0.3 is 14.5 Å². The van der Waals surface area contributed by atoms with E-state index in [2.05, 4.69) is 42.2 Å². The van der Waals surface area contributed by atoms with Gasteiger partial charge in [0.05, 0.1) is 35.6 Å². The number of aromatic amines is 1. The van der Waals surface area contributed by atoms with Gasteiger partial charge in [0.1, 0.15) is 0 Å². The molecule has 2 amide bonds. The van der Waals surface area contributed by atoms with Crippen molar-refractivity contribution in [3.8, 4) is 0 Å². The number of nitrogens with one attached hydrogen (secondary N) is 1. The van der Waals surface area contributed by atoms with Crippen molar-refractivity contribution in [2.24, 2.45) is 0 Å². The van der Waals surface area contributed by atoms with Crippen LogP contribution in [0.3, 0.4) is 0 Å². The number of likely N-dealkylation sites (tertiary alicyclic amines) is 1. The number of carbonyl (C=O) groups excluding carboxylic acids is 1. The lowest BCUT2D eigenvalue weighted by Crippen LogP contribution is -2.52. The van der Waals surface area contributed by atoms with Gasteiger partial charge in [0.2, 0.25) is 0 Å². The van der Waals surface area contributed by atoms with Gasteiger partial charge in [0.25, 0.3) is 0 Å². The van der Waals surface area contributed by atoms with Crippen molar-refractivity contribution in [3.05, 3.63) is 52.3 Å². The van der Waals surface area contributed by atoms with E-state index in [0.29, 0.717) is 45.1 Å². The molecule has 2 saturated heterocycles. The van der Waals surface area contributed by atoms with E-state index >= 15 is 0 Å². The lowest BCUT2D eigenvalue weighted by molar-refractivity contribution is 0.0398. The Hall–Kier alpha value is -2.39. The van der Waals surface area contributed by atoms with Crippen molar-refractivity contribution in [1.82, 2.24) is 20.0 Å². The van der Waals surface area contributed by atoms with Gasteiger partial charge in [0.15, 0.2) is 9.84 Å². The monoisotopic (exact) mass is 488 g/mol. The molecule has 0 aliphatic carbocycles. The highest BCUT2D eigenvalue weighted by atomic mass is 32.2. The van der Waals surface area contributed by atoms with Gasteiger partial charge in [-0.05, 0) is 56.9 Å². The minimum Gasteiger partial charge on any atom is -0.378 e. The molecule has 0 spiro atoms. The summed E-state index contributed by atoms with van der Waals surface area (Å²) in [7, 11) is -3.22. The van der Waals surface area contributed by atoms with Crippen LogP contribution in [-0.4, -0.2) is 79.1 Å². The summed E-state index contributed by atoms with van der Waals surface area (Å²) in [6, 6.07) is 8.44. The van der Waals surface area contributed by atoms with E-state index in [1.54, 1.807) is 13.8 Å². The van der Waals surface area contributed by atoms with Crippen molar-refractivity contribution in [1.29, 1.82) is 0 Å². The summed E-state index contributed by atoms with van der Waals surface area (Å²) in [5.41, 5.74) is 5.14. The van der Waals surface area contributed by atoms with Crippen molar-refractivity contribution in [3.63, 3.8) is 0 Å². The van der Waals surface area contributed by atoms with Crippen LogP contribution in [0.5, 0.6) is 0 Å². The third kappa shape index (κ3) is 5.46. The highest BCUT2D eigenvalue weighted by Crippen LogP contribution is 2.36. The molecule has 4 rings (SSSR count). The summed E-state index contributed by atoms with van der Waals surface area (Å²) < 4.78 is 30.2. The standard InChI is InChI=1S/C25H36N4O4S/c1-17(2)34(31,32)16-23-13-24(27-26-23)22-12-21(20-6-5-18(3)19(4)11-20)14-29(15-22)25(30)28-7-9-33-10-8-28/h5-6,11,13,17,21-22H,7-10,12,14-16H2,1-4H3,(H,26,27). The van der Waals surface area contributed by atoms with Gasteiger partial charge in [0, 0.05) is 38.0 Å². The molecule has 3 heterocycles. The normalized spacial score (nSPS) is 21.8. The Morgan fingerprint density at radius 3 is 2.47 bits per heavy atom. The van der Waals surface area contributed by atoms with Gasteiger partial charge in [-0.3, -0.25) is 5.10 Å². The number of piperidine rings is 1. The Bertz CT molecular complexity index is 1120. The number of aryl methyl sites for hydroxylation is 2. The van der Waals surface area contributed by atoms with Gasteiger partial charge in [-0.15, -0.1) is 0 Å². The van der Waals surface area contributed by atoms with Gasteiger partial charge >= 0.3 is 6.03 Å². The van der Waals surface area contributed by atoms with Crippen LogP contribution in [0.2, 0.25) is 0 Å². The summed E-state index contributed by atoms with van der Waals surface area (Å²) in [6.07, 6.45) is 0.858. The fourth-order valence-electron chi connectivity index (χ4n) is 4.73. The average molecular weight is 489 g/mol. The van der Waals surface area contributed by atoms with Gasteiger partial charge in [-0.2, -0.15) is 5.10 Å². The molecule has 2 unspecified atom stereocenters. The van der Waals surface area contributed by atoms with Crippen LogP contribution in [0.1, 0.15) is 60.2 Å². The second kappa shape index (κ2) is 10.1. The molecular weight excluding hydrogens is 452 g/mol. The number of H-pyrrole nitrogens is 1. The van der Waals surface area contributed by atoms with Crippen LogP contribution in [0.4, 0.5) is 4.79 Å². The molecule has 0 saturated carbocycles. The predicted octanol–water partition coefficient (Wildman–Crippen LogP) is 3.38. The number of urea groups is 1. The van der Waals surface area contributed by atoms with Crippen molar-refractivity contribution in [2.45, 2.75) is 57.0 Å². The molecule has 34 heavy (non-hydrogen) atoms. The number of sulfone groups is 1. The quantitative estimate of drug-likeness (QED) is 0.696. The van der Waals surface area contributed by atoms with Crippen molar-refractivity contribution >= 4 is 15.9 Å². The summed E-state index contributed by atoms with van der Waals surface area (Å²) in [5, 5.41) is 6.98. The molecule has 1 aromatic heterocycles. The Morgan fingerprint density at radius 2 is 1.79 bits per heavy atom. The Kier molecular flexibility index (Phi) is 7.33. The maximum Gasteiger partial charge on any atom is 0.320 e. The van der Waals surface area contributed by atoms with E-state index in [1.165, 1.54) is 16.7 Å². The summed E-state index contributed by atoms with van der Waals surface area (Å²) in [6.45, 7) is 11.2. The average Bonchev–Trinajstić information content (AvgIpc) is 3.28. The minimum atomic E-state index is -3.22. The Balaban J connectivity index is 1.59. The lowest BCUT2D eigenvalue weighted by atomic mass is 9.82. The maximum atomic E-state index is 13.4. The zero-order chi connectivity index (χ0) is 24.5. The number of ether oxygens (including phenoxy) is 1. The molecule has 9 heteroatoms. The van der Waals surface area contributed by atoms with E-state index in [-0.39, 0.29) is 23.6 Å². The fraction of sp³-hybridized carbons (Fsp3) is 0.600.